The fourth-order valence-corrected chi connectivity index (χ4v) is 2.58. The van der Waals surface area contributed by atoms with E-state index < -0.39 is 12.0 Å². The highest BCUT2D eigenvalue weighted by molar-refractivity contribution is 5.97. The van der Waals surface area contributed by atoms with Crippen LogP contribution in [0.3, 0.4) is 0 Å². The van der Waals surface area contributed by atoms with Gasteiger partial charge in [0.15, 0.2) is 0 Å². The van der Waals surface area contributed by atoms with Gasteiger partial charge >= 0.3 is 5.97 Å². The zero-order chi connectivity index (χ0) is 16.6. The van der Waals surface area contributed by atoms with Crippen molar-refractivity contribution in [2.45, 2.75) is 31.7 Å². The number of aromatic nitrogens is 2. The van der Waals surface area contributed by atoms with E-state index in [4.69, 9.17) is 5.11 Å². The molecule has 0 saturated heterocycles. The van der Waals surface area contributed by atoms with E-state index in [1.165, 1.54) is 18.9 Å². The van der Waals surface area contributed by atoms with Crippen LogP contribution in [-0.4, -0.2) is 44.8 Å². The molecular weight excluding hydrogens is 294 g/mol. The third-order valence-corrected chi connectivity index (χ3v) is 4.26. The van der Waals surface area contributed by atoms with Gasteiger partial charge in [0, 0.05) is 13.0 Å². The molecule has 1 N–H and O–H groups in total. The topological polar surface area (TPSA) is 75.4 Å². The summed E-state index contributed by atoms with van der Waals surface area (Å²) < 4.78 is 1.80. The first-order valence-corrected chi connectivity index (χ1v) is 7.64. The molecule has 6 heteroatoms. The zero-order valence-electron chi connectivity index (χ0n) is 13.1. The highest BCUT2D eigenvalue weighted by atomic mass is 16.4. The third kappa shape index (κ3) is 2.84. The number of benzene rings is 1. The number of carboxylic acid groups (broad SMARTS) is 1. The number of nitrogens with zero attached hydrogens (tertiary/aromatic N) is 3. The number of carbonyl (C=O) groups is 2. The van der Waals surface area contributed by atoms with Gasteiger partial charge in [0.25, 0.3) is 5.91 Å². The molecule has 2 aromatic rings. The normalized spacial score (nSPS) is 15.2. The van der Waals surface area contributed by atoms with Crippen LogP contribution in [0.2, 0.25) is 0 Å². The van der Waals surface area contributed by atoms with Gasteiger partial charge in [-0.15, -0.1) is 0 Å². The number of carboxylic acids is 1. The molecule has 1 atom stereocenters. The van der Waals surface area contributed by atoms with Crippen molar-refractivity contribution in [1.29, 1.82) is 0 Å². The molecule has 3 rings (SSSR count). The summed E-state index contributed by atoms with van der Waals surface area (Å²) in [5, 5.41) is 13.5. The van der Waals surface area contributed by atoms with Gasteiger partial charge in [-0.05, 0) is 31.9 Å². The van der Waals surface area contributed by atoms with Crippen molar-refractivity contribution in [2.75, 3.05) is 7.05 Å². The van der Waals surface area contributed by atoms with Crippen LogP contribution in [0.25, 0.3) is 5.69 Å². The Morgan fingerprint density at radius 3 is 2.52 bits per heavy atom. The zero-order valence-corrected chi connectivity index (χ0v) is 13.1. The van der Waals surface area contributed by atoms with E-state index in [9.17, 15) is 9.59 Å². The third-order valence-electron chi connectivity index (χ3n) is 4.26. The average Bonchev–Trinajstić information content (AvgIpc) is 3.31. The van der Waals surface area contributed by atoms with Gasteiger partial charge in [0.05, 0.1) is 23.1 Å². The van der Waals surface area contributed by atoms with Gasteiger partial charge in [0.2, 0.25) is 0 Å². The first-order valence-electron chi connectivity index (χ1n) is 7.64. The number of aliphatic carboxylic acids is 1. The fraction of sp³-hybridized carbons (Fsp3) is 0.353. The lowest BCUT2D eigenvalue weighted by molar-refractivity contribution is -0.141. The predicted molar refractivity (Wildman–Crippen MR) is 84.7 cm³/mol. The van der Waals surface area contributed by atoms with Crippen molar-refractivity contribution in [3.05, 3.63) is 47.8 Å². The lowest BCUT2D eigenvalue weighted by Crippen LogP contribution is -2.40. The maximum atomic E-state index is 12.7. The van der Waals surface area contributed by atoms with Gasteiger partial charge < -0.3 is 10.0 Å². The number of hydrogen-bond donors (Lipinski definition) is 1. The maximum Gasteiger partial charge on any atom is 0.326 e. The highest BCUT2D eigenvalue weighted by Gasteiger charge is 2.35. The van der Waals surface area contributed by atoms with E-state index in [2.05, 4.69) is 5.10 Å². The van der Waals surface area contributed by atoms with E-state index in [1.54, 1.807) is 10.9 Å². The molecule has 0 aliphatic heterocycles. The Labute approximate surface area is 134 Å². The van der Waals surface area contributed by atoms with Gasteiger partial charge in [-0.2, -0.15) is 5.10 Å². The smallest absolute Gasteiger partial charge is 0.326 e. The molecule has 6 nitrogen and oxygen atoms in total. The Kier molecular flexibility index (Phi) is 3.90. The van der Waals surface area contributed by atoms with Crippen LogP contribution in [0.1, 0.15) is 41.7 Å². The summed E-state index contributed by atoms with van der Waals surface area (Å²) in [6.45, 7) is 1.50. The average molecular weight is 313 g/mol. The number of para-hydroxylation sites is 1. The second-order valence-electron chi connectivity index (χ2n) is 5.90. The molecule has 1 aliphatic rings. The molecule has 1 heterocycles. The van der Waals surface area contributed by atoms with E-state index in [1.807, 2.05) is 30.3 Å². The molecule has 0 spiro atoms. The second-order valence-corrected chi connectivity index (χ2v) is 5.90. The van der Waals surface area contributed by atoms with E-state index >= 15 is 0 Å². The summed E-state index contributed by atoms with van der Waals surface area (Å²) in [6, 6.07) is 8.78. The van der Waals surface area contributed by atoms with Crippen molar-refractivity contribution < 1.29 is 14.7 Å². The summed E-state index contributed by atoms with van der Waals surface area (Å²) in [4.78, 5) is 25.1. The number of carbonyl (C=O) groups excluding carboxylic acids is 1. The van der Waals surface area contributed by atoms with Crippen LogP contribution in [-0.2, 0) is 4.79 Å². The van der Waals surface area contributed by atoms with Gasteiger partial charge in [-0.1, -0.05) is 18.2 Å². The van der Waals surface area contributed by atoms with Gasteiger partial charge in [-0.3, -0.25) is 4.79 Å². The monoisotopic (exact) mass is 313 g/mol. The molecule has 1 aliphatic carbocycles. The molecule has 1 aromatic carbocycles. The van der Waals surface area contributed by atoms with Crippen molar-refractivity contribution in [3.8, 4) is 5.69 Å². The molecule has 1 aromatic heterocycles. The summed E-state index contributed by atoms with van der Waals surface area (Å²) in [5.74, 6) is -1.02. The Bertz CT molecular complexity index is 735. The van der Waals surface area contributed by atoms with Crippen molar-refractivity contribution in [2.24, 2.45) is 0 Å². The number of hydrogen-bond acceptors (Lipinski definition) is 3. The molecule has 1 amide bonds. The lowest BCUT2D eigenvalue weighted by atomic mass is 10.1. The van der Waals surface area contributed by atoms with Gasteiger partial charge in [0.1, 0.15) is 6.04 Å². The molecule has 120 valence electrons. The SMILES string of the molecule is CC(C(=O)O)N(C)C(=O)c1cnn(-c2ccccc2)c1C1CC1. The highest BCUT2D eigenvalue weighted by Crippen LogP contribution is 2.42. The lowest BCUT2D eigenvalue weighted by Gasteiger charge is -2.21. The summed E-state index contributed by atoms with van der Waals surface area (Å²) in [6.07, 6.45) is 3.60. The molecule has 1 fully saturated rings. The number of rotatable bonds is 5. The standard InChI is InChI=1S/C17H19N3O3/c1-11(17(22)23)19(2)16(21)14-10-18-20(15(14)12-8-9-12)13-6-4-3-5-7-13/h3-7,10-12H,8-9H2,1-2H3,(H,22,23). The molecular formula is C17H19N3O3. The first-order chi connectivity index (χ1) is 11.0. The minimum Gasteiger partial charge on any atom is -0.480 e. The van der Waals surface area contributed by atoms with Crippen LogP contribution in [0.4, 0.5) is 0 Å². The van der Waals surface area contributed by atoms with E-state index in [-0.39, 0.29) is 5.91 Å². The Balaban J connectivity index is 1.99. The van der Waals surface area contributed by atoms with E-state index in [0.29, 0.717) is 11.5 Å². The summed E-state index contributed by atoms with van der Waals surface area (Å²) >= 11 is 0. The Hall–Kier alpha value is -2.63. The predicted octanol–water partition coefficient (Wildman–Crippen LogP) is 2.29. The van der Waals surface area contributed by atoms with Crippen LogP contribution in [0.15, 0.2) is 36.5 Å². The second kappa shape index (κ2) is 5.87. The molecule has 0 bridgehead atoms. The molecule has 1 unspecified atom stereocenters. The van der Waals surface area contributed by atoms with Crippen LogP contribution in [0, 0.1) is 0 Å². The van der Waals surface area contributed by atoms with Crippen LogP contribution < -0.4 is 0 Å². The van der Waals surface area contributed by atoms with Crippen molar-refractivity contribution in [3.63, 3.8) is 0 Å². The fourth-order valence-electron chi connectivity index (χ4n) is 2.58. The largest absolute Gasteiger partial charge is 0.480 e. The van der Waals surface area contributed by atoms with Crippen molar-refractivity contribution in [1.82, 2.24) is 14.7 Å². The number of amides is 1. The van der Waals surface area contributed by atoms with E-state index in [0.717, 1.165) is 24.2 Å². The maximum absolute atomic E-state index is 12.7. The minimum absolute atomic E-state index is 0.302. The van der Waals surface area contributed by atoms with Gasteiger partial charge in [-0.25, -0.2) is 9.48 Å². The Morgan fingerprint density at radius 2 is 1.96 bits per heavy atom. The summed E-state index contributed by atoms with van der Waals surface area (Å²) in [7, 11) is 1.51. The minimum atomic E-state index is -1.02. The summed E-state index contributed by atoms with van der Waals surface area (Å²) in [5.41, 5.74) is 2.28. The molecule has 0 radical (unpaired) electrons. The quantitative estimate of drug-likeness (QED) is 0.919. The molecule has 23 heavy (non-hydrogen) atoms. The first kappa shape index (κ1) is 15.3. The molecule has 1 saturated carbocycles. The van der Waals surface area contributed by atoms with Crippen LogP contribution >= 0.6 is 0 Å². The van der Waals surface area contributed by atoms with Crippen molar-refractivity contribution >= 4 is 11.9 Å². The number of likely N-dealkylation sites (N-methyl/N-ethyl adjacent to an activating group) is 1. The van der Waals surface area contributed by atoms with Crippen LogP contribution in [0.5, 0.6) is 0 Å². The Morgan fingerprint density at radius 1 is 1.30 bits per heavy atom.